The summed E-state index contributed by atoms with van der Waals surface area (Å²) in [5, 5.41) is 0.582. The minimum absolute atomic E-state index is 0.0268. The highest BCUT2D eigenvalue weighted by Crippen LogP contribution is 2.18. The van der Waals surface area contributed by atoms with Gasteiger partial charge in [0.25, 0.3) is 5.91 Å². The molecular weight excluding hydrogens is 348 g/mol. The van der Waals surface area contributed by atoms with Crippen molar-refractivity contribution >= 4 is 34.4 Å². The molecule has 1 fully saturated rings. The molecule has 1 aliphatic rings. The van der Waals surface area contributed by atoms with Gasteiger partial charge in [-0.2, -0.15) is 0 Å². The van der Waals surface area contributed by atoms with Gasteiger partial charge in [-0.05, 0) is 36.8 Å². The fourth-order valence-corrected chi connectivity index (χ4v) is 3.44. The van der Waals surface area contributed by atoms with E-state index in [1.54, 1.807) is 12.1 Å². The Bertz CT molecular complexity index is 946. The Morgan fingerprint density at radius 2 is 1.81 bits per heavy atom. The maximum atomic E-state index is 12.7. The third-order valence-corrected chi connectivity index (χ3v) is 4.85. The van der Waals surface area contributed by atoms with Crippen LogP contribution in [0.3, 0.4) is 0 Å². The molecule has 3 aromatic rings. The van der Waals surface area contributed by atoms with Crippen molar-refractivity contribution in [2.75, 3.05) is 31.1 Å². The van der Waals surface area contributed by atoms with E-state index in [0.29, 0.717) is 17.1 Å². The van der Waals surface area contributed by atoms with Crippen molar-refractivity contribution in [3.05, 3.63) is 65.3 Å². The van der Waals surface area contributed by atoms with Crippen LogP contribution < -0.4 is 4.90 Å². The average Bonchev–Trinajstić information content (AvgIpc) is 2.93. The summed E-state index contributed by atoms with van der Waals surface area (Å²) in [7, 11) is 0. The Balaban J connectivity index is 1.49. The lowest BCUT2D eigenvalue weighted by atomic mass is 10.2. The lowest BCUT2D eigenvalue weighted by molar-refractivity contribution is 0.0767. The number of hydrogen-bond donors (Lipinski definition) is 0. The highest BCUT2D eigenvalue weighted by molar-refractivity contribution is 6.30. The third-order valence-electron chi connectivity index (χ3n) is 4.61. The number of hydrogen-bond acceptors (Lipinski definition) is 4. The van der Waals surface area contributed by atoms with E-state index < -0.39 is 0 Å². The number of rotatable bonds is 2. The van der Waals surface area contributed by atoms with Crippen molar-refractivity contribution in [2.45, 2.75) is 6.42 Å². The molecule has 1 saturated heterocycles. The predicted octanol–water partition coefficient (Wildman–Crippen LogP) is 3.64. The molecule has 0 aliphatic carbocycles. The standard InChI is InChI=1S/C20H19ClN4O/c21-16-6-3-5-15(13-16)20(26)25-10-4-9-24(11-12-25)19-14-22-17-7-1-2-8-18(17)23-19/h1-3,5-8,13-14H,4,9-12H2. The van der Waals surface area contributed by atoms with Gasteiger partial charge >= 0.3 is 0 Å². The number of para-hydroxylation sites is 2. The Hall–Kier alpha value is -2.66. The third kappa shape index (κ3) is 3.48. The van der Waals surface area contributed by atoms with Gasteiger partial charge in [-0.1, -0.05) is 29.8 Å². The molecule has 6 heteroatoms. The van der Waals surface area contributed by atoms with Crippen LogP contribution in [0.2, 0.25) is 5.02 Å². The van der Waals surface area contributed by atoms with Crippen LogP contribution in [-0.4, -0.2) is 47.0 Å². The summed E-state index contributed by atoms with van der Waals surface area (Å²) in [6.07, 6.45) is 2.71. The van der Waals surface area contributed by atoms with Crippen LogP contribution in [0.15, 0.2) is 54.7 Å². The fourth-order valence-electron chi connectivity index (χ4n) is 3.25. The normalized spacial score (nSPS) is 15.1. The van der Waals surface area contributed by atoms with Crippen LogP contribution in [-0.2, 0) is 0 Å². The first-order valence-corrected chi connectivity index (χ1v) is 9.10. The van der Waals surface area contributed by atoms with Crippen LogP contribution >= 0.6 is 11.6 Å². The number of amides is 1. The molecule has 1 aromatic heterocycles. The van der Waals surface area contributed by atoms with Crippen LogP contribution in [0.4, 0.5) is 5.82 Å². The van der Waals surface area contributed by atoms with Crippen molar-refractivity contribution < 1.29 is 4.79 Å². The number of anilines is 1. The van der Waals surface area contributed by atoms with E-state index in [4.69, 9.17) is 16.6 Å². The van der Waals surface area contributed by atoms with Crippen molar-refractivity contribution in [1.82, 2.24) is 14.9 Å². The number of benzene rings is 2. The molecule has 0 spiro atoms. The first kappa shape index (κ1) is 16.8. The number of nitrogens with zero attached hydrogens (tertiary/aromatic N) is 4. The maximum absolute atomic E-state index is 12.7. The predicted molar refractivity (Wildman–Crippen MR) is 104 cm³/mol. The summed E-state index contributed by atoms with van der Waals surface area (Å²) >= 11 is 6.02. The van der Waals surface area contributed by atoms with Crippen molar-refractivity contribution in [3.8, 4) is 0 Å². The molecule has 1 amide bonds. The monoisotopic (exact) mass is 366 g/mol. The summed E-state index contributed by atoms with van der Waals surface area (Å²) in [6.45, 7) is 2.97. The van der Waals surface area contributed by atoms with Gasteiger partial charge in [0.2, 0.25) is 0 Å². The Kier molecular flexibility index (Phi) is 4.71. The second-order valence-corrected chi connectivity index (χ2v) is 6.80. The maximum Gasteiger partial charge on any atom is 0.253 e. The first-order chi connectivity index (χ1) is 12.7. The Labute approximate surface area is 157 Å². The molecular formula is C20H19ClN4O. The molecule has 1 aliphatic heterocycles. The summed E-state index contributed by atoms with van der Waals surface area (Å²) in [5.41, 5.74) is 2.42. The van der Waals surface area contributed by atoms with Gasteiger partial charge in [-0.3, -0.25) is 9.78 Å². The molecule has 2 aromatic carbocycles. The highest BCUT2D eigenvalue weighted by atomic mass is 35.5. The number of fused-ring (bicyclic) bond motifs is 1. The second-order valence-electron chi connectivity index (χ2n) is 6.36. The van der Waals surface area contributed by atoms with E-state index >= 15 is 0 Å². The zero-order valence-corrected chi connectivity index (χ0v) is 15.1. The minimum Gasteiger partial charge on any atom is -0.353 e. The molecule has 0 N–H and O–H groups in total. The first-order valence-electron chi connectivity index (χ1n) is 8.72. The van der Waals surface area contributed by atoms with Crippen molar-refractivity contribution in [2.24, 2.45) is 0 Å². The van der Waals surface area contributed by atoms with E-state index in [1.165, 1.54) is 0 Å². The zero-order valence-electron chi connectivity index (χ0n) is 14.3. The van der Waals surface area contributed by atoms with Crippen LogP contribution in [0.25, 0.3) is 11.0 Å². The molecule has 0 unspecified atom stereocenters. The topological polar surface area (TPSA) is 49.3 Å². The lowest BCUT2D eigenvalue weighted by Crippen LogP contribution is -2.35. The summed E-state index contributed by atoms with van der Waals surface area (Å²) in [5.74, 6) is 0.889. The van der Waals surface area contributed by atoms with Gasteiger partial charge in [-0.25, -0.2) is 4.98 Å². The molecule has 0 radical (unpaired) electrons. The summed E-state index contributed by atoms with van der Waals surface area (Å²) in [4.78, 5) is 26.1. The molecule has 0 saturated carbocycles. The van der Waals surface area contributed by atoms with E-state index in [9.17, 15) is 4.79 Å². The van der Waals surface area contributed by atoms with E-state index in [-0.39, 0.29) is 5.91 Å². The van der Waals surface area contributed by atoms with Crippen molar-refractivity contribution in [3.63, 3.8) is 0 Å². The van der Waals surface area contributed by atoms with Gasteiger partial charge in [0.15, 0.2) is 0 Å². The SMILES string of the molecule is O=C(c1cccc(Cl)c1)N1CCCN(c2cnc3ccccc3n2)CC1. The van der Waals surface area contributed by atoms with Crippen LogP contribution in [0, 0.1) is 0 Å². The van der Waals surface area contributed by atoms with Crippen LogP contribution in [0.1, 0.15) is 16.8 Å². The minimum atomic E-state index is 0.0268. The molecule has 2 heterocycles. The molecule has 132 valence electrons. The van der Waals surface area contributed by atoms with E-state index in [1.807, 2.05) is 47.5 Å². The Morgan fingerprint density at radius 1 is 0.962 bits per heavy atom. The lowest BCUT2D eigenvalue weighted by Gasteiger charge is -2.23. The highest BCUT2D eigenvalue weighted by Gasteiger charge is 2.21. The van der Waals surface area contributed by atoms with Gasteiger partial charge in [0, 0.05) is 36.8 Å². The zero-order chi connectivity index (χ0) is 17.9. The molecule has 26 heavy (non-hydrogen) atoms. The van der Waals surface area contributed by atoms with Gasteiger partial charge in [0.05, 0.1) is 17.2 Å². The van der Waals surface area contributed by atoms with E-state index in [2.05, 4.69) is 9.88 Å². The summed E-state index contributed by atoms with van der Waals surface area (Å²) in [6, 6.07) is 15.0. The smallest absolute Gasteiger partial charge is 0.253 e. The molecule has 5 nitrogen and oxygen atoms in total. The summed E-state index contributed by atoms with van der Waals surface area (Å²) < 4.78 is 0. The molecule has 0 bridgehead atoms. The van der Waals surface area contributed by atoms with E-state index in [0.717, 1.165) is 42.9 Å². The molecule has 0 atom stereocenters. The fraction of sp³-hybridized carbons (Fsp3) is 0.250. The quantitative estimate of drug-likeness (QED) is 0.694. The average molecular weight is 367 g/mol. The number of carbonyl (C=O) groups excluding carboxylic acids is 1. The number of carbonyl (C=O) groups is 1. The molecule has 4 rings (SSSR count). The van der Waals surface area contributed by atoms with Gasteiger partial charge in [0.1, 0.15) is 5.82 Å². The van der Waals surface area contributed by atoms with Gasteiger partial charge in [-0.15, -0.1) is 0 Å². The number of halogens is 1. The largest absolute Gasteiger partial charge is 0.353 e. The second kappa shape index (κ2) is 7.30. The van der Waals surface area contributed by atoms with Crippen LogP contribution in [0.5, 0.6) is 0 Å². The number of aromatic nitrogens is 2. The van der Waals surface area contributed by atoms with Gasteiger partial charge < -0.3 is 9.80 Å². The van der Waals surface area contributed by atoms with Crippen molar-refractivity contribution in [1.29, 1.82) is 0 Å². The Morgan fingerprint density at radius 3 is 2.65 bits per heavy atom.